The molecule has 1 aliphatic carbocycles. The van der Waals surface area contributed by atoms with E-state index < -0.39 is 5.54 Å². The molecule has 1 aliphatic rings. The fraction of sp³-hybridized carbons (Fsp3) is 0.923. The van der Waals surface area contributed by atoms with Gasteiger partial charge >= 0.3 is 5.97 Å². The van der Waals surface area contributed by atoms with Crippen LogP contribution < -0.4 is 5.32 Å². The molecule has 0 aliphatic heterocycles. The molecule has 0 aromatic heterocycles. The van der Waals surface area contributed by atoms with Gasteiger partial charge in [0.25, 0.3) is 0 Å². The lowest BCUT2D eigenvalue weighted by Gasteiger charge is -2.42. The SMILES string of the molecule is COC(=O)C1(NC(C)C)CCC(C)C(C)C1. The van der Waals surface area contributed by atoms with Crippen molar-refractivity contribution in [2.24, 2.45) is 11.8 Å². The van der Waals surface area contributed by atoms with Crippen LogP contribution in [0, 0.1) is 11.8 Å². The maximum atomic E-state index is 12.0. The molecule has 3 heteroatoms. The minimum Gasteiger partial charge on any atom is -0.468 e. The van der Waals surface area contributed by atoms with Crippen LogP contribution in [0.2, 0.25) is 0 Å². The maximum absolute atomic E-state index is 12.0. The van der Waals surface area contributed by atoms with Crippen LogP contribution in [0.15, 0.2) is 0 Å². The maximum Gasteiger partial charge on any atom is 0.326 e. The van der Waals surface area contributed by atoms with E-state index in [9.17, 15) is 4.79 Å². The first-order valence-corrected chi connectivity index (χ1v) is 6.27. The molecule has 0 heterocycles. The molecule has 1 saturated carbocycles. The number of carbonyl (C=O) groups excluding carboxylic acids is 1. The fourth-order valence-corrected chi connectivity index (χ4v) is 2.73. The molecule has 0 bridgehead atoms. The van der Waals surface area contributed by atoms with Crippen LogP contribution in [0.25, 0.3) is 0 Å². The first-order valence-electron chi connectivity index (χ1n) is 6.27. The summed E-state index contributed by atoms with van der Waals surface area (Å²) in [5, 5.41) is 3.42. The van der Waals surface area contributed by atoms with Gasteiger partial charge in [-0.3, -0.25) is 10.1 Å². The Labute approximate surface area is 98.9 Å². The molecule has 16 heavy (non-hydrogen) atoms. The Bertz CT molecular complexity index is 252. The number of methoxy groups -OCH3 is 1. The summed E-state index contributed by atoms with van der Waals surface area (Å²) in [7, 11) is 1.48. The summed E-state index contributed by atoms with van der Waals surface area (Å²) >= 11 is 0. The van der Waals surface area contributed by atoms with Crippen LogP contribution in [0.3, 0.4) is 0 Å². The van der Waals surface area contributed by atoms with Crippen molar-refractivity contribution in [1.82, 2.24) is 5.32 Å². The molecule has 3 nitrogen and oxygen atoms in total. The van der Waals surface area contributed by atoms with Gasteiger partial charge in [-0.05, 0) is 44.9 Å². The smallest absolute Gasteiger partial charge is 0.326 e. The highest BCUT2D eigenvalue weighted by Gasteiger charge is 2.44. The van der Waals surface area contributed by atoms with Crippen LogP contribution in [0.4, 0.5) is 0 Å². The zero-order valence-electron chi connectivity index (χ0n) is 11.2. The molecule has 3 atom stereocenters. The number of rotatable bonds is 3. The van der Waals surface area contributed by atoms with Gasteiger partial charge in [-0.25, -0.2) is 0 Å². The highest BCUT2D eigenvalue weighted by molar-refractivity contribution is 5.81. The third-order valence-corrected chi connectivity index (χ3v) is 3.81. The average Bonchev–Trinajstić information content (AvgIpc) is 2.21. The summed E-state index contributed by atoms with van der Waals surface area (Å²) in [4.78, 5) is 12.0. The third-order valence-electron chi connectivity index (χ3n) is 3.81. The molecule has 0 amide bonds. The minimum absolute atomic E-state index is 0.0973. The highest BCUT2D eigenvalue weighted by Crippen LogP contribution is 2.37. The zero-order chi connectivity index (χ0) is 12.3. The first kappa shape index (κ1) is 13.5. The van der Waals surface area contributed by atoms with Gasteiger partial charge in [0, 0.05) is 6.04 Å². The molecule has 1 fully saturated rings. The van der Waals surface area contributed by atoms with Crippen LogP contribution >= 0.6 is 0 Å². The molecule has 0 aromatic carbocycles. The minimum atomic E-state index is -0.450. The summed E-state index contributed by atoms with van der Waals surface area (Å²) in [6.45, 7) is 8.64. The normalized spacial score (nSPS) is 35.1. The molecule has 0 spiro atoms. The molecular weight excluding hydrogens is 202 g/mol. The lowest BCUT2D eigenvalue weighted by Crippen LogP contribution is -2.58. The van der Waals surface area contributed by atoms with Crippen molar-refractivity contribution in [3.63, 3.8) is 0 Å². The fourth-order valence-electron chi connectivity index (χ4n) is 2.73. The monoisotopic (exact) mass is 227 g/mol. The van der Waals surface area contributed by atoms with Gasteiger partial charge in [0.05, 0.1) is 7.11 Å². The van der Waals surface area contributed by atoms with Gasteiger partial charge in [0.15, 0.2) is 0 Å². The topological polar surface area (TPSA) is 38.3 Å². The zero-order valence-corrected chi connectivity index (χ0v) is 11.2. The van der Waals surface area contributed by atoms with Gasteiger partial charge in [-0.15, -0.1) is 0 Å². The predicted octanol–water partition coefficient (Wildman–Crippen LogP) is 2.35. The molecule has 3 unspecified atom stereocenters. The third kappa shape index (κ3) is 2.76. The summed E-state index contributed by atoms with van der Waals surface area (Å²) < 4.78 is 4.98. The summed E-state index contributed by atoms with van der Waals surface area (Å²) in [6, 6.07) is 0.305. The van der Waals surface area contributed by atoms with E-state index in [0.29, 0.717) is 17.9 Å². The van der Waals surface area contributed by atoms with Crippen LogP contribution in [-0.2, 0) is 9.53 Å². The molecular formula is C13H25NO2. The van der Waals surface area contributed by atoms with E-state index in [1.807, 2.05) is 0 Å². The number of ether oxygens (including phenoxy) is 1. The average molecular weight is 227 g/mol. The van der Waals surface area contributed by atoms with Crippen molar-refractivity contribution in [3.05, 3.63) is 0 Å². The van der Waals surface area contributed by atoms with E-state index in [1.165, 1.54) is 7.11 Å². The number of nitrogens with one attached hydrogen (secondary N) is 1. The second-order valence-electron chi connectivity index (χ2n) is 5.57. The van der Waals surface area contributed by atoms with E-state index in [1.54, 1.807) is 0 Å². The van der Waals surface area contributed by atoms with E-state index in [4.69, 9.17) is 4.74 Å². The Balaban J connectivity index is 2.83. The largest absolute Gasteiger partial charge is 0.468 e. The van der Waals surface area contributed by atoms with Crippen molar-refractivity contribution in [2.75, 3.05) is 7.11 Å². The van der Waals surface area contributed by atoms with Gasteiger partial charge in [-0.2, -0.15) is 0 Å². The van der Waals surface area contributed by atoms with E-state index in [0.717, 1.165) is 19.3 Å². The van der Waals surface area contributed by atoms with Crippen molar-refractivity contribution < 1.29 is 9.53 Å². The van der Waals surface area contributed by atoms with E-state index >= 15 is 0 Å². The summed E-state index contributed by atoms with van der Waals surface area (Å²) in [6.07, 6.45) is 2.87. The Morgan fingerprint density at radius 3 is 2.44 bits per heavy atom. The lowest BCUT2D eigenvalue weighted by molar-refractivity contribution is -0.152. The van der Waals surface area contributed by atoms with Crippen LogP contribution in [0.1, 0.15) is 47.0 Å². The standard InChI is InChI=1S/C13H25NO2/c1-9(2)14-13(12(15)16-5)7-6-10(3)11(4)8-13/h9-11,14H,6-8H2,1-5H3. The molecule has 0 saturated heterocycles. The van der Waals surface area contributed by atoms with Crippen LogP contribution in [-0.4, -0.2) is 24.7 Å². The lowest BCUT2D eigenvalue weighted by atomic mass is 9.71. The number of carbonyl (C=O) groups is 1. The molecule has 94 valence electrons. The van der Waals surface area contributed by atoms with Crippen molar-refractivity contribution >= 4 is 5.97 Å². The Morgan fingerprint density at radius 2 is 2.00 bits per heavy atom. The first-order chi connectivity index (χ1) is 7.41. The van der Waals surface area contributed by atoms with Crippen molar-refractivity contribution in [1.29, 1.82) is 0 Å². The van der Waals surface area contributed by atoms with Crippen molar-refractivity contribution in [3.8, 4) is 0 Å². The second-order valence-corrected chi connectivity index (χ2v) is 5.57. The van der Waals surface area contributed by atoms with Gasteiger partial charge in [0.2, 0.25) is 0 Å². The summed E-state index contributed by atoms with van der Waals surface area (Å²) in [5.74, 6) is 1.17. The van der Waals surface area contributed by atoms with E-state index in [2.05, 4.69) is 33.0 Å². The molecule has 1 rings (SSSR count). The van der Waals surface area contributed by atoms with Crippen molar-refractivity contribution in [2.45, 2.75) is 58.5 Å². The number of hydrogen-bond donors (Lipinski definition) is 1. The Hall–Kier alpha value is -0.570. The van der Waals surface area contributed by atoms with Gasteiger partial charge in [-0.1, -0.05) is 13.8 Å². The predicted molar refractivity (Wildman–Crippen MR) is 65.2 cm³/mol. The van der Waals surface area contributed by atoms with Gasteiger partial charge < -0.3 is 4.74 Å². The molecule has 1 N–H and O–H groups in total. The highest BCUT2D eigenvalue weighted by atomic mass is 16.5. The summed E-state index contributed by atoms with van der Waals surface area (Å²) in [5.41, 5.74) is -0.450. The number of esters is 1. The number of hydrogen-bond acceptors (Lipinski definition) is 3. The van der Waals surface area contributed by atoms with E-state index in [-0.39, 0.29) is 5.97 Å². The molecule has 0 radical (unpaired) electrons. The van der Waals surface area contributed by atoms with Crippen LogP contribution in [0.5, 0.6) is 0 Å². The Kier molecular flexibility index (Phi) is 4.36. The quantitative estimate of drug-likeness (QED) is 0.752. The second kappa shape index (κ2) is 5.17. The Morgan fingerprint density at radius 1 is 1.38 bits per heavy atom. The van der Waals surface area contributed by atoms with Gasteiger partial charge in [0.1, 0.15) is 5.54 Å². The molecule has 0 aromatic rings.